The highest BCUT2D eigenvalue weighted by atomic mass is 16.5. The molecule has 0 saturated heterocycles. The van der Waals surface area contributed by atoms with Gasteiger partial charge in [-0.25, -0.2) is 4.79 Å². The fraction of sp³-hybridized carbons (Fsp3) is 0.400. The number of carbonyl (C=O) groups is 1. The molecule has 0 aliphatic carbocycles. The first kappa shape index (κ1) is 18.2. The van der Waals surface area contributed by atoms with Gasteiger partial charge in [-0.3, -0.25) is 4.98 Å². The number of aromatic nitrogens is 1. The normalized spacial score (nSPS) is 14.8. The maximum Gasteiger partial charge on any atom is 0.318 e. The van der Waals surface area contributed by atoms with Gasteiger partial charge in [-0.05, 0) is 43.7 Å². The molecule has 138 valence electrons. The number of fused-ring (bicyclic) bond motifs is 1. The highest BCUT2D eigenvalue weighted by Gasteiger charge is 2.21. The molecule has 2 N–H and O–H groups in total. The van der Waals surface area contributed by atoms with E-state index >= 15 is 0 Å². The zero-order valence-corrected chi connectivity index (χ0v) is 15.2. The van der Waals surface area contributed by atoms with Crippen LogP contribution >= 0.6 is 0 Å². The van der Waals surface area contributed by atoms with E-state index in [1.54, 1.807) is 4.90 Å². The minimum Gasteiger partial charge on any atom is -0.491 e. The number of hydrogen-bond acceptors (Lipinski definition) is 4. The maximum atomic E-state index is 12.7. The van der Waals surface area contributed by atoms with Crippen LogP contribution in [0.3, 0.4) is 0 Å². The molecular weight excluding hydrogens is 330 g/mol. The number of carbonyl (C=O) groups excluding carboxylic acids is 1. The molecule has 1 unspecified atom stereocenters. The second-order valence-electron chi connectivity index (χ2n) is 6.70. The Morgan fingerprint density at radius 1 is 1.38 bits per heavy atom. The Morgan fingerprint density at radius 3 is 3.00 bits per heavy atom. The van der Waals surface area contributed by atoms with Crippen LogP contribution in [0.15, 0.2) is 36.4 Å². The van der Waals surface area contributed by atoms with E-state index in [1.165, 1.54) is 0 Å². The van der Waals surface area contributed by atoms with Crippen LogP contribution in [0.25, 0.3) is 0 Å². The van der Waals surface area contributed by atoms with E-state index in [4.69, 9.17) is 4.74 Å². The molecule has 1 atom stereocenters. The van der Waals surface area contributed by atoms with Gasteiger partial charge in [0.05, 0.1) is 19.7 Å². The SMILES string of the molecule is Cc1cccc(CC(C)NC(=O)N2CCOc3ccc(CO)cc3C2)n1. The Labute approximate surface area is 153 Å². The second kappa shape index (κ2) is 8.19. The quantitative estimate of drug-likeness (QED) is 0.883. The Kier molecular flexibility index (Phi) is 5.73. The predicted octanol–water partition coefficient (Wildman–Crippen LogP) is 2.42. The maximum absolute atomic E-state index is 12.7. The zero-order valence-electron chi connectivity index (χ0n) is 15.2. The Bertz CT molecular complexity index is 779. The van der Waals surface area contributed by atoms with Crippen LogP contribution in [-0.2, 0) is 19.6 Å². The number of amides is 2. The fourth-order valence-electron chi connectivity index (χ4n) is 3.10. The first-order valence-corrected chi connectivity index (χ1v) is 8.88. The molecule has 1 aromatic heterocycles. The summed E-state index contributed by atoms with van der Waals surface area (Å²) < 4.78 is 5.73. The molecular formula is C20H25N3O3. The van der Waals surface area contributed by atoms with Crippen molar-refractivity contribution < 1.29 is 14.6 Å². The summed E-state index contributed by atoms with van der Waals surface area (Å²) in [7, 11) is 0. The average Bonchev–Trinajstić information content (AvgIpc) is 2.83. The molecule has 0 fully saturated rings. The number of aliphatic hydroxyl groups excluding tert-OH is 1. The number of urea groups is 1. The number of pyridine rings is 1. The number of ether oxygens (including phenoxy) is 1. The van der Waals surface area contributed by atoms with Crippen LogP contribution < -0.4 is 10.1 Å². The van der Waals surface area contributed by atoms with E-state index in [0.717, 1.165) is 28.3 Å². The Morgan fingerprint density at radius 2 is 2.23 bits per heavy atom. The van der Waals surface area contributed by atoms with Gasteiger partial charge in [-0.2, -0.15) is 0 Å². The van der Waals surface area contributed by atoms with Crippen molar-refractivity contribution in [2.75, 3.05) is 13.2 Å². The standard InChI is InChI=1S/C20H25N3O3/c1-14-4-3-5-18(21-14)10-15(2)22-20(25)23-8-9-26-19-7-6-16(13-24)11-17(19)12-23/h3-7,11,15,24H,8-10,12-13H2,1-2H3,(H,22,25). The van der Waals surface area contributed by atoms with Crippen LogP contribution in [0.5, 0.6) is 5.75 Å². The summed E-state index contributed by atoms with van der Waals surface area (Å²) in [6, 6.07) is 11.4. The summed E-state index contributed by atoms with van der Waals surface area (Å²) >= 11 is 0. The van der Waals surface area contributed by atoms with Gasteiger partial charge in [0.15, 0.2) is 0 Å². The van der Waals surface area contributed by atoms with Gasteiger partial charge >= 0.3 is 6.03 Å². The molecule has 1 aliphatic rings. The lowest BCUT2D eigenvalue weighted by molar-refractivity contribution is 0.184. The monoisotopic (exact) mass is 355 g/mol. The molecule has 2 heterocycles. The molecule has 26 heavy (non-hydrogen) atoms. The van der Waals surface area contributed by atoms with E-state index < -0.39 is 0 Å². The van der Waals surface area contributed by atoms with Crippen LogP contribution in [0.4, 0.5) is 4.79 Å². The van der Waals surface area contributed by atoms with Crippen molar-refractivity contribution in [3.8, 4) is 5.75 Å². The lowest BCUT2D eigenvalue weighted by Gasteiger charge is -2.23. The lowest BCUT2D eigenvalue weighted by atomic mass is 10.1. The molecule has 6 heteroatoms. The molecule has 6 nitrogen and oxygen atoms in total. The minimum absolute atomic E-state index is 0.0239. The van der Waals surface area contributed by atoms with Gasteiger partial charge in [-0.15, -0.1) is 0 Å². The minimum atomic E-state index is -0.115. The van der Waals surface area contributed by atoms with Crippen LogP contribution in [0, 0.1) is 6.92 Å². The van der Waals surface area contributed by atoms with Crippen LogP contribution in [0.1, 0.15) is 29.4 Å². The molecule has 0 radical (unpaired) electrons. The van der Waals surface area contributed by atoms with Crippen molar-refractivity contribution in [1.29, 1.82) is 0 Å². The number of rotatable bonds is 4. The number of benzene rings is 1. The van der Waals surface area contributed by atoms with Gasteiger partial charge < -0.3 is 20.1 Å². The number of nitrogens with zero attached hydrogens (tertiary/aromatic N) is 2. The zero-order chi connectivity index (χ0) is 18.5. The summed E-state index contributed by atoms with van der Waals surface area (Å²) in [6.45, 7) is 5.34. The second-order valence-corrected chi connectivity index (χ2v) is 6.70. The van der Waals surface area contributed by atoms with Crippen molar-refractivity contribution >= 4 is 6.03 Å². The molecule has 2 amide bonds. The number of aryl methyl sites for hydroxylation is 1. The van der Waals surface area contributed by atoms with Crippen molar-refractivity contribution in [2.45, 2.75) is 39.5 Å². The summed E-state index contributed by atoms with van der Waals surface area (Å²) in [5, 5.41) is 12.4. The molecule has 0 saturated carbocycles. The average molecular weight is 355 g/mol. The molecule has 2 aromatic rings. The van der Waals surface area contributed by atoms with E-state index in [-0.39, 0.29) is 18.7 Å². The smallest absolute Gasteiger partial charge is 0.318 e. The number of aliphatic hydroxyl groups is 1. The Hall–Kier alpha value is -2.60. The molecule has 3 rings (SSSR count). The van der Waals surface area contributed by atoms with Crippen molar-refractivity contribution in [3.63, 3.8) is 0 Å². The van der Waals surface area contributed by atoms with Crippen molar-refractivity contribution in [2.24, 2.45) is 0 Å². The lowest BCUT2D eigenvalue weighted by Crippen LogP contribution is -2.45. The summed E-state index contributed by atoms with van der Waals surface area (Å²) in [5.41, 5.74) is 3.67. The van der Waals surface area contributed by atoms with Crippen molar-refractivity contribution in [1.82, 2.24) is 15.2 Å². The number of hydrogen-bond donors (Lipinski definition) is 2. The molecule has 1 aliphatic heterocycles. The van der Waals surface area contributed by atoms with E-state index in [9.17, 15) is 9.90 Å². The first-order chi connectivity index (χ1) is 12.5. The van der Waals surface area contributed by atoms with E-state index in [1.807, 2.05) is 50.2 Å². The van der Waals surface area contributed by atoms with Gasteiger partial charge in [0, 0.05) is 29.4 Å². The molecule has 0 spiro atoms. The summed E-state index contributed by atoms with van der Waals surface area (Å²) in [6.07, 6.45) is 0.684. The summed E-state index contributed by atoms with van der Waals surface area (Å²) in [4.78, 5) is 18.9. The van der Waals surface area contributed by atoms with Gasteiger partial charge in [-0.1, -0.05) is 12.1 Å². The largest absolute Gasteiger partial charge is 0.491 e. The van der Waals surface area contributed by atoms with E-state index in [0.29, 0.717) is 26.1 Å². The summed E-state index contributed by atoms with van der Waals surface area (Å²) in [5.74, 6) is 0.773. The van der Waals surface area contributed by atoms with Crippen LogP contribution in [-0.4, -0.2) is 40.2 Å². The first-order valence-electron chi connectivity index (χ1n) is 8.88. The highest BCUT2D eigenvalue weighted by molar-refractivity contribution is 5.74. The molecule has 1 aromatic carbocycles. The fourth-order valence-corrected chi connectivity index (χ4v) is 3.10. The third-order valence-corrected chi connectivity index (χ3v) is 4.41. The third-order valence-electron chi connectivity index (χ3n) is 4.41. The Balaban J connectivity index is 1.63. The topological polar surface area (TPSA) is 74.7 Å². The van der Waals surface area contributed by atoms with Gasteiger partial charge in [0.1, 0.15) is 12.4 Å². The van der Waals surface area contributed by atoms with Gasteiger partial charge in [0.25, 0.3) is 0 Å². The molecule has 0 bridgehead atoms. The van der Waals surface area contributed by atoms with Crippen molar-refractivity contribution in [3.05, 3.63) is 58.9 Å². The van der Waals surface area contributed by atoms with E-state index in [2.05, 4.69) is 10.3 Å². The predicted molar refractivity (Wildman–Crippen MR) is 98.9 cm³/mol. The number of nitrogens with one attached hydrogen (secondary N) is 1. The van der Waals surface area contributed by atoms with Crippen LogP contribution in [0.2, 0.25) is 0 Å². The van der Waals surface area contributed by atoms with Gasteiger partial charge in [0.2, 0.25) is 0 Å². The highest BCUT2D eigenvalue weighted by Crippen LogP contribution is 2.24. The third kappa shape index (κ3) is 4.52.